The van der Waals surface area contributed by atoms with Gasteiger partial charge in [-0.05, 0) is 35.3 Å². The van der Waals surface area contributed by atoms with Crippen molar-refractivity contribution in [1.29, 1.82) is 0 Å². The summed E-state index contributed by atoms with van der Waals surface area (Å²) in [6.45, 7) is 6.47. The molecule has 1 heterocycles. The van der Waals surface area contributed by atoms with Crippen molar-refractivity contribution in [2.45, 2.75) is 39.2 Å². The van der Waals surface area contributed by atoms with Gasteiger partial charge in [0.1, 0.15) is 5.78 Å². The average Bonchev–Trinajstić information content (AvgIpc) is 3.15. The van der Waals surface area contributed by atoms with Gasteiger partial charge < -0.3 is 0 Å². The van der Waals surface area contributed by atoms with E-state index in [1.165, 1.54) is 11.1 Å². The summed E-state index contributed by atoms with van der Waals surface area (Å²) in [5.41, 5.74) is 1.50. The fraction of sp³-hybridized carbons (Fsp3) is 0.519. The third kappa shape index (κ3) is 3.76. The molecular weight excluding hydrogens is 432 g/mol. The number of rotatable bonds is 6. The van der Waals surface area contributed by atoms with E-state index in [1.54, 1.807) is 4.31 Å². The molecule has 0 aromatic heterocycles. The number of piperazine rings is 1. The number of hydrogen-bond acceptors (Lipinski definition) is 4. The van der Waals surface area contributed by atoms with Crippen molar-refractivity contribution in [3.8, 4) is 0 Å². The zero-order valence-electron chi connectivity index (χ0n) is 19.6. The number of hydrogen-bond donors (Lipinski definition) is 0. The first kappa shape index (κ1) is 22.8. The van der Waals surface area contributed by atoms with Gasteiger partial charge in [0.15, 0.2) is 0 Å². The first-order chi connectivity index (χ1) is 15.7. The molecule has 0 unspecified atom stereocenters. The number of carbonyl (C=O) groups is 1. The summed E-state index contributed by atoms with van der Waals surface area (Å²) in [5, 5.41) is 0. The van der Waals surface area contributed by atoms with Crippen molar-refractivity contribution >= 4 is 15.8 Å². The quantitative estimate of drug-likeness (QED) is 0.643. The summed E-state index contributed by atoms with van der Waals surface area (Å²) in [6.07, 6.45) is 2.23. The number of Topliss-reactive ketones (excluding diaryl/α,β-unsaturated/α-hetero) is 1. The fourth-order valence-corrected chi connectivity index (χ4v) is 8.84. The molecule has 176 valence electrons. The van der Waals surface area contributed by atoms with Crippen LogP contribution < -0.4 is 0 Å². The summed E-state index contributed by atoms with van der Waals surface area (Å²) < 4.78 is 28.7. The Morgan fingerprint density at radius 1 is 0.909 bits per heavy atom. The minimum absolute atomic E-state index is 0.0247. The van der Waals surface area contributed by atoms with E-state index in [4.69, 9.17) is 0 Å². The van der Waals surface area contributed by atoms with E-state index < -0.39 is 15.4 Å². The maximum atomic E-state index is 13.5. The lowest BCUT2D eigenvalue weighted by Crippen LogP contribution is -2.53. The van der Waals surface area contributed by atoms with Gasteiger partial charge in [-0.25, -0.2) is 8.42 Å². The lowest BCUT2D eigenvalue weighted by molar-refractivity contribution is -0.128. The Kier molecular flexibility index (Phi) is 5.74. The van der Waals surface area contributed by atoms with Crippen LogP contribution in [0.3, 0.4) is 0 Å². The highest BCUT2D eigenvalue weighted by atomic mass is 32.2. The number of nitrogens with zero attached hydrogens (tertiary/aromatic N) is 2. The standard InChI is InChI=1S/C27H34N2O3S/c1-26(2)23-13-14-27(26,24(30)19-23)20-33(31,32)29-17-15-28(16-18-29)25(21-9-5-3-6-10-21)22-11-7-4-8-12-22/h3-12,23,25H,13-20H2,1-2H3/t23-,27+/m0/s1. The van der Waals surface area contributed by atoms with Crippen LogP contribution in [0.4, 0.5) is 0 Å². The van der Waals surface area contributed by atoms with Gasteiger partial charge in [-0.3, -0.25) is 9.69 Å². The van der Waals surface area contributed by atoms with Gasteiger partial charge in [0.25, 0.3) is 0 Å². The maximum Gasteiger partial charge on any atom is 0.215 e. The van der Waals surface area contributed by atoms with Crippen LogP contribution in [-0.2, 0) is 14.8 Å². The molecule has 2 aromatic rings. The van der Waals surface area contributed by atoms with Crippen LogP contribution in [0, 0.1) is 16.7 Å². The van der Waals surface area contributed by atoms with Crippen molar-refractivity contribution in [3.63, 3.8) is 0 Å². The summed E-state index contributed by atoms with van der Waals surface area (Å²) in [4.78, 5) is 15.3. The zero-order chi connectivity index (χ0) is 23.3. The predicted molar refractivity (Wildman–Crippen MR) is 130 cm³/mol. The van der Waals surface area contributed by atoms with Crippen LogP contribution in [-0.4, -0.2) is 55.3 Å². The monoisotopic (exact) mass is 466 g/mol. The van der Waals surface area contributed by atoms with Crippen molar-refractivity contribution in [2.24, 2.45) is 16.7 Å². The SMILES string of the molecule is CC1(C)[C@H]2CC[C@@]1(CS(=O)(=O)N1CCN(C(c3ccccc3)c3ccccc3)CC1)C(=O)C2. The molecule has 0 spiro atoms. The maximum absolute atomic E-state index is 13.5. The highest BCUT2D eigenvalue weighted by Crippen LogP contribution is 2.64. The molecule has 5 rings (SSSR count). The van der Waals surface area contributed by atoms with Crippen LogP contribution in [0.5, 0.6) is 0 Å². The Morgan fingerprint density at radius 2 is 1.45 bits per heavy atom. The summed E-state index contributed by atoms with van der Waals surface area (Å²) in [5.74, 6) is 0.470. The topological polar surface area (TPSA) is 57.7 Å². The molecule has 5 nitrogen and oxygen atoms in total. The molecule has 0 radical (unpaired) electrons. The van der Waals surface area contributed by atoms with Crippen LogP contribution in [0.25, 0.3) is 0 Å². The fourth-order valence-electron chi connectivity index (χ4n) is 6.64. The van der Waals surface area contributed by atoms with E-state index in [0.29, 0.717) is 44.9 Å². The molecule has 2 aliphatic carbocycles. The molecule has 1 saturated heterocycles. The van der Waals surface area contributed by atoms with E-state index in [2.05, 4.69) is 67.3 Å². The molecule has 33 heavy (non-hydrogen) atoms. The Labute approximate surface area is 197 Å². The zero-order valence-corrected chi connectivity index (χ0v) is 20.4. The number of carbonyl (C=O) groups excluding carboxylic acids is 1. The summed E-state index contributed by atoms with van der Waals surface area (Å²) in [7, 11) is -3.51. The molecule has 3 aliphatic rings. The first-order valence-corrected chi connectivity index (χ1v) is 13.7. The molecule has 0 amide bonds. The molecule has 2 atom stereocenters. The van der Waals surface area contributed by atoms with Crippen LogP contribution in [0.1, 0.15) is 50.3 Å². The van der Waals surface area contributed by atoms with Gasteiger partial charge in [-0.1, -0.05) is 74.5 Å². The van der Waals surface area contributed by atoms with E-state index in [-0.39, 0.29) is 23.0 Å². The van der Waals surface area contributed by atoms with E-state index in [1.807, 2.05) is 12.1 Å². The first-order valence-electron chi connectivity index (χ1n) is 12.1. The molecule has 3 fully saturated rings. The number of ketones is 1. The van der Waals surface area contributed by atoms with Gasteiger partial charge in [0.05, 0.1) is 11.8 Å². The van der Waals surface area contributed by atoms with Crippen molar-refractivity contribution in [3.05, 3.63) is 71.8 Å². The smallest absolute Gasteiger partial charge is 0.215 e. The summed E-state index contributed by atoms with van der Waals surface area (Å²) >= 11 is 0. The van der Waals surface area contributed by atoms with Gasteiger partial charge in [0, 0.05) is 38.0 Å². The molecule has 6 heteroatoms. The number of sulfonamides is 1. The molecule has 2 bridgehead atoms. The van der Waals surface area contributed by atoms with Crippen molar-refractivity contribution in [2.75, 3.05) is 31.9 Å². The van der Waals surface area contributed by atoms with Gasteiger partial charge in [-0.15, -0.1) is 0 Å². The molecule has 0 N–H and O–H groups in total. The molecule has 2 aromatic carbocycles. The van der Waals surface area contributed by atoms with E-state index in [9.17, 15) is 13.2 Å². The van der Waals surface area contributed by atoms with E-state index in [0.717, 1.165) is 6.42 Å². The Bertz CT molecular complexity index is 1070. The summed E-state index contributed by atoms with van der Waals surface area (Å²) in [6, 6.07) is 20.9. The highest BCUT2D eigenvalue weighted by Gasteiger charge is 2.65. The second-order valence-corrected chi connectivity index (χ2v) is 12.6. The highest BCUT2D eigenvalue weighted by molar-refractivity contribution is 7.89. The van der Waals surface area contributed by atoms with Crippen molar-refractivity contribution < 1.29 is 13.2 Å². The van der Waals surface area contributed by atoms with Gasteiger partial charge in [0.2, 0.25) is 10.0 Å². The molecular formula is C27H34N2O3S. The Morgan fingerprint density at radius 3 is 1.91 bits per heavy atom. The second-order valence-electron chi connectivity index (χ2n) is 10.6. The second kappa shape index (κ2) is 8.33. The lowest BCUT2D eigenvalue weighted by atomic mass is 9.70. The van der Waals surface area contributed by atoms with Crippen LogP contribution >= 0.6 is 0 Å². The van der Waals surface area contributed by atoms with Crippen LogP contribution in [0.15, 0.2) is 60.7 Å². The molecule has 1 aliphatic heterocycles. The predicted octanol–water partition coefficient (Wildman–Crippen LogP) is 4.12. The normalized spacial score (nSPS) is 28.0. The Hall–Kier alpha value is -2.02. The van der Waals surface area contributed by atoms with Crippen LogP contribution in [0.2, 0.25) is 0 Å². The largest absolute Gasteiger partial charge is 0.299 e. The minimum atomic E-state index is -3.51. The van der Waals surface area contributed by atoms with Gasteiger partial charge >= 0.3 is 0 Å². The Balaban J connectivity index is 1.33. The minimum Gasteiger partial charge on any atom is -0.299 e. The van der Waals surface area contributed by atoms with Gasteiger partial charge in [-0.2, -0.15) is 4.31 Å². The molecule has 2 saturated carbocycles. The third-order valence-electron chi connectivity index (χ3n) is 8.83. The number of fused-ring (bicyclic) bond motifs is 2. The van der Waals surface area contributed by atoms with Crippen molar-refractivity contribution in [1.82, 2.24) is 9.21 Å². The average molecular weight is 467 g/mol. The number of benzene rings is 2. The van der Waals surface area contributed by atoms with E-state index >= 15 is 0 Å². The third-order valence-corrected chi connectivity index (χ3v) is 10.8. The lowest BCUT2D eigenvalue weighted by Gasteiger charge is -2.41.